The fourth-order valence-electron chi connectivity index (χ4n) is 2.06. The first-order valence-electron chi connectivity index (χ1n) is 6.32. The molecule has 0 bridgehead atoms. The van der Waals surface area contributed by atoms with Crippen molar-refractivity contribution in [2.45, 2.75) is 13.3 Å². The minimum Gasteiger partial charge on any atom is -0.356 e. The summed E-state index contributed by atoms with van der Waals surface area (Å²) in [5.74, 6) is 0.717. The summed E-state index contributed by atoms with van der Waals surface area (Å²) in [5.41, 5.74) is 1.28. The molecule has 4 nitrogen and oxygen atoms in total. The highest BCUT2D eigenvalue weighted by molar-refractivity contribution is 6.31. The zero-order valence-corrected chi connectivity index (χ0v) is 11.9. The molecule has 0 N–H and O–H groups in total. The lowest BCUT2D eigenvalue weighted by Crippen LogP contribution is -2.24. The van der Waals surface area contributed by atoms with E-state index >= 15 is 0 Å². The highest BCUT2D eigenvalue weighted by Gasteiger charge is 2.11. The van der Waals surface area contributed by atoms with Gasteiger partial charge in [-0.2, -0.15) is 10.5 Å². The van der Waals surface area contributed by atoms with Crippen LogP contribution in [0.15, 0.2) is 24.3 Å². The molecule has 1 heterocycles. The first-order chi connectivity index (χ1) is 9.69. The van der Waals surface area contributed by atoms with E-state index in [0.717, 1.165) is 17.4 Å². The maximum absolute atomic E-state index is 9.29. The Hall–Kier alpha value is -2.30. The molecular weight excluding hydrogens is 272 g/mol. The molecule has 20 heavy (non-hydrogen) atoms. The summed E-state index contributed by atoms with van der Waals surface area (Å²) < 4.78 is 0. The minimum absolute atomic E-state index is 0.427. The second-order valence-corrected chi connectivity index (χ2v) is 4.73. The van der Waals surface area contributed by atoms with Crippen molar-refractivity contribution < 1.29 is 0 Å². The Balaban J connectivity index is 2.53. The molecule has 0 saturated carbocycles. The van der Waals surface area contributed by atoms with Gasteiger partial charge < -0.3 is 4.90 Å². The van der Waals surface area contributed by atoms with E-state index < -0.39 is 0 Å². The van der Waals surface area contributed by atoms with Crippen LogP contribution in [0.2, 0.25) is 5.02 Å². The maximum atomic E-state index is 9.29. The van der Waals surface area contributed by atoms with E-state index in [4.69, 9.17) is 16.9 Å². The highest BCUT2D eigenvalue weighted by Crippen LogP contribution is 2.25. The Bertz CT molecular complexity index is 712. The molecule has 2 aromatic rings. The molecule has 0 aliphatic heterocycles. The van der Waals surface area contributed by atoms with Gasteiger partial charge in [-0.05, 0) is 31.2 Å². The van der Waals surface area contributed by atoms with Crippen molar-refractivity contribution in [1.82, 2.24) is 4.98 Å². The molecule has 0 aliphatic carbocycles. The first-order valence-corrected chi connectivity index (χ1v) is 6.69. The smallest absolute Gasteiger partial charge is 0.130 e. The number of aromatic nitrogens is 1. The normalized spacial score (nSPS) is 10.0. The molecule has 1 aromatic carbocycles. The number of hydrogen-bond donors (Lipinski definition) is 0. The maximum Gasteiger partial charge on any atom is 0.130 e. The molecule has 0 fully saturated rings. The van der Waals surface area contributed by atoms with E-state index in [0.29, 0.717) is 29.4 Å². The standard InChI is InChI=1S/C15H13ClN4/c1-2-20(7-3-6-17)15-8-11(10-18)13-9-12(16)4-5-14(13)19-15/h4-5,8-9H,2-3,7H2,1H3. The van der Waals surface area contributed by atoms with Crippen molar-refractivity contribution >= 4 is 28.3 Å². The van der Waals surface area contributed by atoms with Crippen molar-refractivity contribution in [2.75, 3.05) is 18.0 Å². The molecule has 5 heteroatoms. The van der Waals surface area contributed by atoms with Crippen LogP contribution in [0.25, 0.3) is 10.9 Å². The third-order valence-electron chi connectivity index (χ3n) is 3.08. The van der Waals surface area contributed by atoms with Crippen LogP contribution in [0.5, 0.6) is 0 Å². The molecular formula is C15H13ClN4. The summed E-state index contributed by atoms with van der Waals surface area (Å²) in [6.07, 6.45) is 0.427. The van der Waals surface area contributed by atoms with Gasteiger partial charge in [-0.15, -0.1) is 0 Å². The van der Waals surface area contributed by atoms with Crippen LogP contribution in [-0.4, -0.2) is 18.1 Å². The molecule has 1 aromatic heterocycles. The zero-order valence-electron chi connectivity index (χ0n) is 11.1. The lowest BCUT2D eigenvalue weighted by molar-refractivity contribution is 0.813. The molecule has 0 aliphatic rings. The average Bonchev–Trinajstić information content (AvgIpc) is 2.47. The minimum atomic E-state index is 0.427. The lowest BCUT2D eigenvalue weighted by Gasteiger charge is -2.21. The number of nitriles is 2. The van der Waals surface area contributed by atoms with Crippen molar-refractivity contribution in [3.05, 3.63) is 34.9 Å². The predicted octanol–water partition coefficient (Wildman–Crippen LogP) is 3.50. The third kappa shape index (κ3) is 2.82. The van der Waals surface area contributed by atoms with Gasteiger partial charge >= 0.3 is 0 Å². The topological polar surface area (TPSA) is 63.7 Å². The second-order valence-electron chi connectivity index (χ2n) is 4.29. The van der Waals surface area contributed by atoms with E-state index in [1.165, 1.54) is 0 Å². The number of benzene rings is 1. The number of nitrogens with zero attached hydrogens (tertiary/aromatic N) is 4. The van der Waals surface area contributed by atoms with Gasteiger partial charge in [-0.1, -0.05) is 11.6 Å². The van der Waals surface area contributed by atoms with Crippen molar-refractivity contribution in [1.29, 1.82) is 10.5 Å². The molecule has 0 spiro atoms. The number of anilines is 1. The van der Waals surface area contributed by atoms with E-state index in [-0.39, 0.29) is 0 Å². The quantitative estimate of drug-likeness (QED) is 0.862. The Kier molecular flexibility index (Phi) is 4.40. The second kappa shape index (κ2) is 6.23. The summed E-state index contributed by atoms with van der Waals surface area (Å²) in [4.78, 5) is 6.54. The summed E-state index contributed by atoms with van der Waals surface area (Å²) in [5, 5.41) is 19.3. The van der Waals surface area contributed by atoms with Gasteiger partial charge in [-0.3, -0.25) is 0 Å². The van der Waals surface area contributed by atoms with Crippen LogP contribution >= 0.6 is 11.6 Å². The number of hydrogen-bond acceptors (Lipinski definition) is 4. The van der Waals surface area contributed by atoms with Gasteiger partial charge in [0.05, 0.1) is 29.6 Å². The molecule has 0 saturated heterocycles. The summed E-state index contributed by atoms with van der Waals surface area (Å²) in [6.45, 7) is 3.33. The van der Waals surface area contributed by atoms with Gasteiger partial charge in [0, 0.05) is 23.5 Å². The SMILES string of the molecule is CCN(CCC#N)c1cc(C#N)c2cc(Cl)ccc2n1. The molecule has 0 atom stereocenters. The fourth-order valence-corrected chi connectivity index (χ4v) is 2.23. The first kappa shape index (κ1) is 14.1. The van der Waals surface area contributed by atoms with Gasteiger partial charge in [0.15, 0.2) is 0 Å². The van der Waals surface area contributed by atoms with E-state index in [2.05, 4.69) is 17.1 Å². The Labute approximate surface area is 122 Å². The molecule has 2 rings (SSSR count). The fraction of sp³-hybridized carbons (Fsp3) is 0.267. The van der Waals surface area contributed by atoms with Crippen molar-refractivity contribution in [3.8, 4) is 12.1 Å². The molecule has 100 valence electrons. The number of pyridine rings is 1. The highest BCUT2D eigenvalue weighted by atomic mass is 35.5. The van der Waals surface area contributed by atoms with Crippen molar-refractivity contribution in [3.63, 3.8) is 0 Å². The lowest BCUT2D eigenvalue weighted by atomic mass is 10.1. The Morgan fingerprint density at radius 2 is 2.10 bits per heavy atom. The molecule has 0 amide bonds. The van der Waals surface area contributed by atoms with Crippen LogP contribution in [0.3, 0.4) is 0 Å². The predicted molar refractivity (Wildman–Crippen MR) is 79.6 cm³/mol. The molecule has 0 radical (unpaired) electrons. The number of fused-ring (bicyclic) bond motifs is 1. The van der Waals surface area contributed by atoms with E-state index in [9.17, 15) is 5.26 Å². The van der Waals surface area contributed by atoms with Crippen LogP contribution in [0.1, 0.15) is 18.9 Å². The monoisotopic (exact) mass is 284 g/mol. The zero-order chi connectivity index (χ0) is 14.5. The third-order valence-corrected chi connectivity index (χ3v) is 3.31. The summed E-state index contributed by atoms with van der Waals surface area (Å²) in [7, 11) is 0. The van der Waals surface area contributed by atoms with Crippen LogP contribution in [-0.2, 0) is 0 Å². The number of halogens is 1. The van der Waals surface area contributed by atoms with Crippen LogP contribution in [0.4, 0.5) is 5.82 Å². The van der Waals surface area contributed by atoms with Gasteiger partial charge in [0.2, 0.25) is 0 Å². The van der Waals surface area contributed by atoms with Gasteiger partial charge in [0.1, 0.15) is 5.82 Å². The van der Waals surface area contributed by atoms with Crippen LogP contribution < -0.4 is 4.90 Å². The average molecular weight is 285 g/mol. The van der Waals surface area contributed by atoms with Gasteiger partial charge in [0.25, 0.3) is 0 Å². The van der Waals surface area contributed by atoms with E-state index in [1.807, 2.05) is 11.8 Å². The molecule has 0 unspecified atom stereocenters. The number of rotatable bonds is 4. The Morgan fingerprint density at radius 3 is 2.75 bits per heavy atom. The summed E-state index contributed by atoms with van der Waals surface area (Å²) in [6, 6.07) is 11.4. The van der Waals surface area contributed by atoms with Crippen LogP contribution in [0, 0.1) is 22.7 Å². The van der Waals surface area contributed by atoms with E-state index in [1.54, 1.807) is 24.3 Å². The Morgan fingerprint density at radius 1 is 1.30 bits per heavy atom. The van der Waals surface area contributed by atoms with Crippen molar-refractivity contribution in [2.24, 2.45) is 0 Å². The summed E-state index contributed by atoms with van der Waals surface area (Å²) >= 11 is 5.96. The largest absolute Gasteiger partial charge is 0.356 e. The van der Waals surface area contributed by atoms with Gasteiger partial charge in [-0.25, -0.2) is 4.98 Å².